The molecule has 2 saturated heterocycles. The summed E-state index contributed by atoms with van der Waals surface area (Å²) in [6, 6.07) is 7.98. The van der Waals surface area contributed by atoms with E-state index in [9.17, 15) is 38.0 Å². The lowest BCUT2D eigenvalue weighted by Crippen LogP contribution is -2.54. The van der Waals surface area contributed by atoms with E-state index in [1.165, 1.54) is 18.2 Å². The van der Waals surface area contributed by atoms with E-state index < -0.39 is 35.5 Å². The van der Waals surface area contributed by atoms with Gasteiger partial charge in [-0.3, -0.25) is 48.7 Å². The number of carbonyl (C=O) groups excluding carboxylic acids is 7. The number of H-pyrrole nitrogens is 1. The fourth-order valence-corrected chi connectivity index (χ4v) is 8.68. The molecule has 334 valence electrons. The van der Waals surface area contributed by atoms with Crippen molar-refractivity contribution in [2.75, 3.05) is 64.3 Å². The molecule has 4 aliphatic heterocycles. The minimum atomic E-state index is -1.02. The van der Waals surface area contributed by atoms with Crippen molar-refractivity contribution >= 4 is 58.7 Å². The van der Waals surface area contributed by atoms with Crippen molar-refractivity contribution < 1.29 is 42.7 Å². The third-order valence-corrected chi connectivity index (χ3v) is 12.1. The van der Waals surface area contributed by atoms with Crippen LogP contribution in [-0.2, 0) is 19.2 Å². The van der Waals surface area contributed by atoms with Crippen LogP contribution in [0.3, 0.4) is 0 Å². The fraction of sp³-hybridized carbons (Fsp3) is 0.457. The molecule has 2 fully saturated rings. The van der Waals surface area contributed by atoms with Crippen LogP contribution >= 0.6 is 0 Å². The number of aromatic nitrogens is 1. The number of aryl methyl sites for hydroxylation is 1. The van der Waals surface area contributed by atoms with E-state index >= 15 is 0 Å². The summed E-state index contributed by atoms with van der Waals surface area (Å²) in [6.07, 6.45) is 8.17. The molecule has 0 bridgehead atoms. The van der Waals surface area contributed by atoms with Crippen LogP contribution in [0.4, 0.5) is 10.1 Å². The zero-order chi connectivity index (χ0) is 44.6. The van der Waals surface area contributed by atoms with Crippen LogP contribution in [-0.4, -0.2) is 126 Å². The molecule has 0 saturated carbocycles. The lowest BCUT2D eigenvalue weighted by atomic mass is 10.0. The molecule has 5 N–H and O–H groups in total. The van der Waals surface area contributed by atoms with E-state index in [1.807, 2.05) is 13.8 Å². The summed E-state index contributed by atoms with van der Waals surface area (Å²) in [5, 5.41) is 11.0. The Bertz CT molecular complexity index is 2320. The maximum absolute atomic E-state index is 13.9. The Labute approximate surface area is 365 Å². The number of benzene rings is 2. The number of piperidine rings is 1. The van der Waals surface area contributed by atoms with Gasteiger partial charge < -0.3 is 30.6 Å². The van der Waals surface area contributed by atoms with E-state index in [0.717, 1.165) is 82.6 Å². The predicted molar refractivity (Wildman–Crippen MR) is 232 cm³/mol. The maximum atomic E-state index is 13.9. The lowest BCUT2D eigenvalue weighted by molar-refractivity contribution is -0.136. The van der Waals surface area contributed by atoms with Crippen molar-refractivity contribution in [3.63, 3.8) is 0 Å². The first kappa shape index (κ1) is 44.8. The quantitative estimate of drug-likeness (QED) is 0.0668. The Morgan fingerprint density at radius 2 is 1.57 bits per heavy atom. The van der Waals surface area contributed by atoms with Gasteiger partial charge in [-0.2, -0.15) is 0 Å². The predicted octanol–water partition coefficient (Wildman–Crippen LogP) is 3.94. The second kappa shape index (κ2) is 20.3. The van der Waals surface area contributed by atoms with Gasteiger partial charge in [0, 0.05) is 68.3 Å². The van der Waals surface area contributed by atoms with Gasteiger partial charge in [0.05, 0.1) is 35.4 Å². The molecule has 7 amide bonds. The van der Waals surface area contributed by atoms with Crippen molar-refractivity contribution in [1.82, 2.24) is 35.6 Å². The third-order valence-electron chi connectivity index (χ3n) is 12.1. The lowest BCUT2D eigenvalue weighted by Gasteiger charge is -2.34. The van der Waals surface area contributed by atoms with E-state index in [2.05, 4.69) is 36.1 Å². The molecule has 1 aromatic heterocycles. The molecule has 0 spiro atoms. The number of aromatic amines is 1. The first-order valence-electron chi connectivity index (χ1n) is 21.9. The highest BCUT2D eigenvalue weighted by atomic mass is 19.1. The topological polar surface area (TPSA) is 202 Å². The minimum absolute atomic E-state index is 0.0241. The maximum Gasteiger partial charge on any atom is 0.266 e. The van der Waals surface area contributed by atoms with Gasteiger partial charge in [-0.15, -0.1) is 0 Å². The van der Waals surface area contributed by atoms with E-state index in [4.69, 9.17) is 4.74 Å². The number of piperazine rings is 1. The molecule has 0 aliphatic carbocycles. The molecule has 3 aromatic rings. The number of unbranched alkanes of at least 4 members (excludes halogenated alkanes) is 5. The molecule has 16 nitrogen and oxygen atoms in total. The van der Waals surface area contributed by atoms with E-state index in [-0.39, 0.29) is 41.7 Å². The number of hydrogen-bond donors (Lipinski definition) is 5. The summed E-state index contributed by atoms with van der Waals surface area (Å²) in [4.78, 5) is 97.3. The van der Waals surface area contributed by atoms with Gasteiger partial charge >= 0.3 is 0 Å². The zero-order valence-corrected chi connectivity index (χ0v) is 35.8. The summed E-state index contributed by atoms with van der Waals surface area (Å²) in [7, 11) is 0. The van der Waals surface area contributed by atoms with Crippen molar-refractivity contribution in [3.05, 3.63) is 81.4 Å². The summed E-state index contributed by atoms with van der Waals surface area (Å²) < 4.78 is 19.8. The number of carbonyl (C=O) groups is 7. The van der Waals surface area contributed by atoms with Gasteiger partial charge in [0.1, 0.15) is 17.6 Å². The highest BCUT2D eigenvalue weighted by Gasteiger charge is 2.46. The summed E-state index contributed by atoms with van der Waals surface area (Å²) >= 11 is 0. The molecule has 7 rings (SSSR count). The highest BCUT2D eigenvalue weighted by Crippen LogP contribution is 2.35. The zero-order valence-electron chi connectivity index (χ0n) is 35.8. The van der Waals surface area contributed by atoms with Crippen LogP contribution in [0.1, 0.15) is 111 Å². The largest absolute Gasteiger partial charge is 0.493 e. The Morgan fingerprint density at radius 3 is 2.35 bits per heavy atom. The van der Waals surface area contributed by atoms with Crippen molar-refractivity contribution in [2.45, 2.75) is 77.7 Å². The van der Waals surface area contributed by atoms with Crippen molar-refractivity contribution in [2.24, 2.45) is 0 Å². The second-order valence-corrected chi connectivity index (χ2v) is 16.5. The highest BCUT2D eigenvalue weighted by molar-refractivity contribution is 6.35. The summed E-state index contributed by atoms with van der Waals surface area (Å²) in [5.41, 5.74) is 4.28. The Balaban J connectivity index is 0.713. The van der Waals surface area contributed by atoms with Gasteiger partial charge in [0.25, 0.3) is 23.6 Å². The molecule has 2 aromatic carbocycles. The SMILES string of the molecule is Cc1[nH]c(/C=C2\C(=O)Nc3ccc(F)cc32)c(C)c1C(=O)NCCCN1CCN(CC(=O)NCCCCCCCCOc2cccc3c2C(=O)N(C2CCC(=O)NC2=O)C3=O)CC1. The first-order valence-corrected chi connectivity index (χ1v) is 21.9. The van der Waals surface area contributed by atoms with Gasteiger partial charge in [0.2, 0.25) is 17.7 Å². The standard InChI is InChI=1S/C46H55FN8O8/c1-28-35(26-33-32-25-30(47)13-14-34(32)51-42(33)58)50-29(2)40(28)44(60)49-18-10-19-53-20-22-54(23-21-53)27-39(57)48-17-7-5-3-4-6-8-24-63-37-12-9-11-31-41(37)46(62)55(45(31)61)36-15-16-38(56)52-43(36)59/h9,11-14,25-26,36,50H,3-8,10,15-24,27H2,1-2H3,(H,48,57)(H,49,60)(H,51,58)(H,52,56,59)/b33-26-. The van der Waals surface area contributed by atoms with E-state index in [1.54, 1.807) is 24.3 Å². The van der Waals surface area contributed by atoms with Crippen LogP contribution in [0.25, 0.3) is 11.6 Å². The number of imide groups is 2. The summed E-state index contributed by atoms with van der Waals surface area (Å²) in [6.45, 7) is 9.61. The number of fused-ring (bicyclic) bond motifs is 2. The molecular weight excluding hydrogens is 812 g/mol. The number of rotatable bonds is 19. The van der Waals surface area contributed by atoms with Gasteiger partial charge in [-0.25, -0.2) is 4.39 Å². The van der Waals surface area contributed by atoms with Crippen LogP contribution in [0.5, 0.6) is 5.75 Å². The van der Waals surface area contributed by atoms with Crippen LogP contribution in [0.15, 0.2) is 36.4 Å². The molecule has 5 heterocycles. The average Bonchev–Trinajstić information content (AvgIpc) is 3.82. The Hall–Kier alpha value is -6.20. The van der Waals surface area contributed by atoms with Crippen molar-refractivity contribution in [1.29, 1.82) is 0 Å². The monoisotopic (exact) mass is 866 g/mol. The molecule has 1 atom stereocenters. The number of halogens is 1. The number of anilines is 1. The number of amides is 7. The minimum Gasteiger partial charge on any atom is -0.493 e. The van der Waals surface area contributed by atoms with Gasteiger partial charge in [-0.1, -0.05) is 31.7 Å². The van der Waals surface area contributed by atoms with Crippen LogP contribution in [0, 0.1) is 19.7 Å². The Kier molecular flexibility index (Phi) is 14.5. The van der Waals surface area contributed by atoms with E-state index in [0.29, 0.717) is 71.3 Å². The molecular formula is C46H55FN8O8. The molecule has 4 aliphatic rings. The first-order chi connectivity index (χ1) is 30.4. The van der Waals surface area contributed by atoms with Gasteiger partial charge in [0.15, 0.2) is 0 Å². The third kappa shape index (κ3) is 10.5. The number of nitrogens with one attached hydrogen (secondary N) is 5. The molecule has 17 heteroatoms. The average molecular weight is 867 g/mol. The molecule has 0 radical (unpaired) electrons. The molecule has 63 heavy (non-hydrogen) atoms. The molecule has 1 unspecified atom stereocenters. The van der Waals surface area contributed by atoms with Gasteiger partial charge in [-0.05, 0) is 88.0 Å². The summed E-state index contributed by atoms with van der Waals surface area (Å²) in [5.74, 6) is -2.82. The van der Waals surface area contributed by atoms with Crippen LogP contribution < -0.4 is 26.0 Å². The fourth-order valence-electron chi connectivity index (χ4n) is 8.68. The number of nitrogens with zero attached hydrogens (tertiary/aromatic N) is 3. The van der Waals surface area contributed by atoms with Crippen LogP contribution in [0.2, 0.25) is 0 Å². The normalized spacial score (nSPS) is 18.4. The second-order valence-electron chi connectivity index (χ2n) is 16.5. The number of hydrogen-bond acceptors (Lipinski definition) is 10. The number of ether oxygens (including phenoxy) is 1. The Morgan fingerprint density at radius 1 is 0.841 bits per heavy atom. The van der Waals surface area contributed by atoms with Crippen molar-refractivity contribution in [3.8, 4) is 5.75 Å². The smallest absolute Gasteiger partial charge is 0.266 e.